The normalized spacial score (nSPS) is 14.3. The van der Waals surface area contributed by atoms with E-state index in [2.05, 4.69) is 55.3 Å². The summed E-state index contributed by atoms with van der Waals surface area (Å²) in [7, 11) is 0. The molecule has 1 amide bonds. The van der Waals surface area contributed by atoms with Crippen molar-refractivity contribution in [1.29, 1.82) is 0 Å². The van der Waals surface area contributed by atoms with Crippen molar-refractivity contribution >= 4 is 27.3 Å². The third kappa shape index (κ3) is 4.56. The third-order valence-electron chi connectivity index (χ3n) is 5.79. The van der Waals surface area contributed by atoms with Crippen LogP contribution in [0.5, 0.6) is 0 Å². The number of thiophene rings is 1. The molecule has 0 fully saturated rings. The lowest BCUT2D eigenvalue weighted by atomic mass is 10.2. The van der Waals surface area contributed by atoms with Crippen molar-refractivity contribution in [2.24, 2.45) is 0 Å². The number of carbonyl (C=O) groups is 1. The number of benzene rings is 2. The molecule has 6 nitrogen and oxygen atoms in total. The molecule has 2 aromatic heterocycles. The first-order valence-electron chi connectivity index (χ1n) is 10.8. The van der Waals surface area contributed by atoms with Gasteiger partial charge in [-0.05, 0) is 41.8 Å². The molecule has 4 aromatic rings. The minimum atomic E-state index is -0.353. The zero-order valence-corrected chi connectivity index (χ0v) is 18.4. The van der Waals surface area contributed by atoms with Gasteiger partial charge < -0.3 is 9.88 Å². The second-order valence-corrected chi connectivity index (χ2v) is 9.14. The lowest BCUT2D eigenvalue weighted by Gasteiger charge is -2.18. The Morgan fingerprint density at radius 2 is 1.91 bits per heavy atom. The van der Waals surface area contributed by atoms with E-state index in [1.54, 1.807) is 0 Å². The van der Waals surface area contributed by atoms with Crippen LogP contribution in [0, 0.1) is 5.82 Å². The number of rotatable bonds is 6. The Hall–Kier alpha value is -3.10. The van der Waals surface area contributed by atoms with Gasteiger partial charge in [0.25, 0.3) is 5.91 Å². The summed E-state index contributed by atoms with van der Waals surface area (Å²) in [5.74, 6) is 1.33. The van der Waals surface area contributed by atoms with E-state index >= 15 is 0 Å². The minimum absolute atomic E-state index is 0.213. The molecular formula is C24H24FN5OS. The first-order chi connectivity index (χ1) is 15.7. The summed E-state index contributed by atoms with van der Waals surface area (Å²) in [6.45, 7) is 4.14. The van der Waals surface area contributed by atoms with Crippen LogP contribution in [0.2, 0.25) is 0 Å². The molecule has 0 aliphatic carbocycles. The van der Waals surface area contributed by atoms with E-state index in [1.165, 1.54) is 39.2 Å². The van der Waals surface area contributed by atoms with E-state index in [0.29, 0.717) is 18.5 Å². The predicted octanol–water partition coefficient (Wildman–Crippen LogP) is 3.66. The Balaban J connectivity index is 1.17. The van der Waals surface area contributed by atoms with Crippen molar-refractivity contribution in [2.45, 2.75) is 25.9 Å². The Labute approximate surface area is 189 Å². The molecule has 0 unspecified atom stereocenters. The molecule has 8 heteroatoms. The van der Waals surface area contributed by atoms with Gasteiger partial charge in [-0.25, -0.2) is 4.39 Å². The second kappa shape index (κ2) is 9.18. The number of carbonyl (C=O) groups excluding carboxylic acids is 1. The lowest BCUT2D eigenvalue weighted by molar-refractivity contribution is 0.0954. The van der Waals surface area contributed by atoms with Gasteiger partial charge in [-0.3, -0.25) is 9.69 Å². The van der Waals surface area contributed by atoms with Gasteiger partial charge in [0.05, 0.1) is 0 Å². The summed E-state index contributed by atoms with van der Waals surface area (Å²) in [4.78, 5) is 16.1. The number of nitrogens with one attached hydrogen (secondary N) is 1. The summed E-state index contributed by atoms with van der Waals surface area (Å²) in [6, 6.07) is 16.4. The number of amides is 1. The quantitative estimate of drug-likeness (QED) is 0.488. The van der Waals surface area contributed by atoms with Crippen LogP contribution < -0.4 is 5.32 Å². The molecule has 3 heterocycles. The zero-order valence-electron chi connectivity index (χ0n) is 17.6. The smallest absolute Gasteiger partial charge is 0.251 e. The molecule has 0 spiro atoms. The fraction of sp³-hybridized carbons (Fsp3) is 0.292. The molecule has 164 valence electrons. The van der Waals surface area contributed by atoms with Gasteiger partial charge in [0.1, 0.15) is 17.5 Å². The summed E-state index contributed by atoms with van der Waals surface area (Å²) in [6.07, 6.45) is 1.47. The number of hydrogen-bond acceptors (Lipinski definition) is 5. The van der Waals surface area contributed by atoms with Crippen LogP contribution in [-0.4, -0.2) is 45.2 Å². The van der Waals surface area contributed by atoms with Gasteiger partial charge in [-0.1, -0.05) is 18.2 Å². The molecule has 1 N–H and O–H groups in total. The van der Waals surface area contributed by atoms with Gasteiger partial charge in [0.15, 0.2) is 0 Å². The van der Waals surface area contributed by atoms with E-state index in [4.69, 9.17) is 0 Å². The van der Waals surface area contributed by atoms with Crippen molar-refractivity contribution in [3.8, 4) is 0 Å². The molecule has 0 radical (unpaired) electrons. The molecule has 0 saturated heterocycles. The summed E-state index contributed by atoms with van der Waals surface area (Å²) in [5, 5.41) is 12.9. The van der Waals surface area contributed by atoms with Crippen molar-refractivity contribution in [3.05, 3.63) is 82.5 Å². The molecule has 5 rings (SSSR count). The van der Waals surface area contributed by atoms with E-state index in [0.717, 1.165) is 44.2 Å². The fourth-order valence-electron chi connectivity index (χ4n) is 4.10. The first-order valence-corrected chi connectivity index (χ1v) is 11.6. The maximum Gasteiger partial charge on any atom is 0.251 e. The fourth-order valence-corrected chi connectivity index (χ4v) is 5.20. The van der Waals surface area contributed by atoms with E-state index in [9.17, 15) is 9.18 Å². The average Bonchev–Trinajstić information content (AvgIpc) is 3.33. The standard InChI is InChI=1S/C24H24FN5OS/c25-19-7-5-17(6-8-19)24(31)26-11-9-22-27-28-23-10-12-29(13-14-30(22)23)16-20-15-18-3-1-2-4-21(18)32-20/h1-8,15H,9-14,16H2,(H,26,31). The molecule has 0 atom stereocenters. The van der Waals surface area contributed by atoms with Gasteiger partial charge in [0.2, 0.25) is 0 Å². The van der Waals surface area contributed by atoms with Crippen LogP contribution in [0.15, 0.2) is 54.6 Å². The Bertz CT molecular complexity index is 1200. The van der Waals surface area contributed by atoms with Crippen LogP contribution in [0.3, 0.4) is 0 Å². The number of fused-ring (bicyclic) bond motifs is 2. The average molecular weight is 450 g/mol. The minimum Gasteiger partial charge on any atom is -0.352 e. The maximum absolute atomic E-state index is 13.0. The molecular weight excluding hydrogens is 425 g/mol. The Morgan fingerprint density at radius 3 is 2.75 bits per heavy atom. The number of halogens is 1. The van der Waals surface area contributed by atoms with Crippen molar-refractivity contribution in [3.63, 3.8) is 0 Å². The van der Waals surface area contributed by atoms with E-state index in [1.807, 2.05) is 11.3 Å². The van der Waals surface area contributed by atoms with Gasteiger partial charge in [0, 0.05) is 60.7 Å². The van der Waals surface area contributed by atoms with Crippen LogP contribution in [0.25, 0.3) is 10.1 Å². The topological polar surface area (TPSA) is 63.1 Å². The number of aromatic nitrogens is 3. The Kier molecular flexibility index (Phi) is 5.96. The largest absolute Gasteiger partial charge is 0.352 e. The highest BCUT2D eigenvalue weighted by atomic mass is 32.1. The second-order valence-electron chi connectivity index (χ2n) is 7.97. The van der Waals surface area contributed by atoms with Crippen LogP contribution in [0.4, 0.5) is 4.39 Å². The van der Waals surface area contributed by atoms with E-state index in [-0.39, 0.29) is 11.7 Å². The van der Waals surface area contributed by atoms with Crippen molar-refractivity contribution < 1.29 is 9.18 Å². The van der Waals surface area contributed by atoms with Gasteiger partial charge >= 0.3 is 0 Å². The molecule has 1 aliphatic rings. The van der Waals surface area contributed by atoms with Crippen LogP contribution in [-0.2, 0) is 25.9 Å². The highest BCUT2D eigenvalue weighted by molar-refractivity contribution is 7.19. The van der Waals surface area contributed by atoms with E-state index < -0.39 is 0 Å². The SMILES string of the molecule is O=C(NCCc1nnc2n1CCN(Cc1cc3ccccc3s1)CC2)c1ccc(F)cc1. The van der Waals surface area contributed by atoms with Gasteiger partial charge in [-0.2, -0.15) is 0 Å². The Morgan fingerprint density at radius 1 is 1.06 bits per heavy atom. The molecule has 1 aliphatic heterocycles. The van der Waals surface area contributed by atoms with Gasteiger partial charge in [-0.15, -0.1) is 21.5 Å². The van der Waals surface area contributed by atoms with Crippen LogP contribution in [0.1, 0.15) is 26.9 Å². The van der Waals surface area contributed by atoms with Crippen molar-refractivity contribution in [1.82, 2.24) is 25.0 Å². The van der Waals surface area contributed by atoms with Crippen LogP contribution >= 0.6 is 11.3 Å². The predicted molar refractivity (Wildman–Crippen MR) is 123 cm³/mol. The first kappa shape index (κ1) is 20.8. The molecule has 2 aromatic carbocycles. The summed E-state index contributed by atoms with van der Waals surface area (Å²) >= 11 is 1.86. The number of nitrogens with zero attached hydrogens (tertiary/aromatic N) is 4. The maximum atomic E-state index is 13.0. The molecule has 0 saturated carbocycles. The highest BCUT2D eigenvalue weighted by Crippen LogP contribution is 2.26. The lowest BCUT2D eigenvalue weighted by Crippen LogP contribution is -2.27. The molecule has 32 heavy (non-hydrogen) atoms. The zero-order chi connectivity index (χ0) is 21.9. The van der Waals surface area contributed by atoms with Crippen molar-refractivity contribution in [2.75, 3.05) is 19.6 Å². The number of hydrogen-bond donors (Lipinski definition) is 1. The summed E-state index contributed by atoms with van der Waals surface area (Å²) in [5.41, 5.74) is 0.448. The summed E-state index contributed by atoms with van der Waals surface area (Å²) < 4.78 is 16.5. The monoisotopic (exact) mass is 449 g/mol. The third-order valence-corrected chi connectivity index (χ3v) is 6.89. The highest BCUT2D eigenvalue weighted by Gasteiger charge is 2.19. The molecule has 0 bridgehead atoms.